The highest BCUT2D eigenvalue weighted by Gasteiger charge is 2.42. The first-order valence-electron chi connectivity index (χ1n) is 13.0. The third kappa shape index (κ3) is 6.89. The summed E-state index contributed by atoms with van der Waals surface area (Å²) < 4.78 is 28.7. The number of fused-ring (bicyclic) bond motifs is 1. The number of hydrogen-bond donors (Lipinski definition) is 3. The van der Waals surface area contributed by atoms with Gasteiger partial charge >= 0.3 is 6.09 Å². The molecule has 11 heteroatoms. The van der Waals surface area contributed by atoms with Crippen molar-refractivity contribution >= 4 is 17.1 Å². The van der Waals surface area contributed by atoms with E-state index >= 15 is 0 Å². The van der Waals surface area contributed by atoms with Crippen molar-refractivity contribution in [2.75, 3.05) is 13.7 Å². The lowest BCUT2D eigenvalue weighted by Crippen LogP contribution is -2.54. The van der Waals surface area contributed by atoms with Crippen LogP contribution in [0.3, 0.4) is 0 Å². The maximum Gasteiger partial charge on any atom is 0.407 e. The van der Waals surface area contributed by atoms with Gasteiger partial charge in [0.05, 0.1) is 49.1 Å². The second kappa shape index (κ2) is 11.3. The number of carbonyl (C=O) groups excluding carboxylic acids is 1. The van der Waals surface area contributed by atoms with E-state index in [4.69, 9.17) is 23.7 Å². The van der Waals surface area contributed by atoms with E-state index in [0.717, 1.165) is 0 Å². The van der Waals surface area contributed by atoms with E-state index in [0.29, 0.717) is 48.3 Å². The van der Waals surface area contributed by atoms with E-state index in [1.54, 1.807) is 45.2 Å². The lowest BCUT2D eigenvalue weighted by Gasteiger charge is -2.40. The van der Waals surface area contributed by atoms with Gasteiger partial charge in [-0.05, 0) is 59.6 Å². The molecule has 6 atom stereocenters. The van der Waals surface area contributed by atoms with E-state index < -0.39 is 41.9 Å². The van der Waals surface area contributed by atoms with Crippen molar-refractivity contribution in [3.63, 3.8) is 0 Å². The topological polar surface area (TPSA) is 141 Å². The quantitative estimate of drug-likeness (QED) is 0.486. The Balaban J connectivity index is 1.51. The smallest absolute Gasteiger partial charge is 0.407 e. The van der Waals surface area contributed by atoms with Crippen LogP contribution in [0.5, 0.6) is 5.88 Å². The zero-order chi connectivity index (χ0) is 27.7. The third-order valence-electron chi connectivity index (χ3n) is 6.65. The van der Waals surface area contributed by atoms with Crippen molar-refractivity contribution in [1.29, 1.82) is 0 Å². The van der Waals surface area contributed by atoms with Gasteiger partial charge in [-0.15, -0.1) is 0 Å². The number of aliphatic hydroxyl groups excluding tert-OH is 2. The van der Waals surface area contributed by atoms with Gasteiger partial charge in [0.15, 0.2) is 5.79 Å². The van der Waals surface area contributed by atoms with E-state index in [2.05, 4.69) is 15.3 Å². The standard InChI is InChI=1S/C27H39N3O8/c1-26(2,3)38-25(33)29-17-7-9-19(36-20(17)13-15-14-35-27(4,5)37-15)24(32)23(31)16-11-12-28-18-8-10-21(34-6)30-22(16)18/h8,10-12,15,17,19-20,23-24,31-32H,7,9,13-14H2,1-6H3,(H,29,33)/t15?,17-,19+,20-,23-,24+/m1/s1. The number of alkyl carbamates (subject to hydrolysis) is 1. The van der Waals surface area contributed by atoms with Crippen LogP contribution in [0.25, 0.3) is 11.0 Å². The summed E-state index contributed by atoms with van der Waals surface area (Å²) in [5.74, 6) is -0.334. The Morgan fingerprint density at radius 3 is 2.66 bits per heavy atom. The van der Waals surface area contributed by atoms with Crippen LogP contribution in [0.15, 0.2) is 24.4 Å². The summed E-state index contributed by atoms with van der Waals surface area (Å²) in [4.78, 5) is 21.3. The highest BCUT2D eigenvalue weighted by atomic mass is 16.7. The summed E-state index contributed by atoms with van der Waals surface area (Å²) in [5, 5.41) is 25.4. The van der Waals surface area contributed by atoms with Crippen molar-refractivity contribution in [2.45, 2.75) is 102 Å². The second-order valence-corrected chi connectivity index (χ2v) is 11.3. The van der Waals surface area contributed by atoms with Gasteiger partial charge in [-0.3, -0.25) is 4.98 Å². The summed E-state index contributed by atoms with van der Waals surface area (Å²) in [7, 11) is 1.51. The SMILES string of the molecule is COc1ccc2nccc([C@@H](O)[C@@H](O)[C@@H]3CC[C@@H](NC(=O)OC(C)(C)C)[C@@H](CC4COC(C)(C)O4)O3)c2n1. The molecule has 2 aromatic heterocycles. The molecule has 11 nitrogen and oxygen atoms in total. The molecule has 38 heavy (non-hydrogen) atoms. The Hall–Kier alpha value is -2.57. The fourth-order valence-corrected chi connectivity index (χ4v) is 4.92. The predicted octanol–water partition coefficient (Wildman–Crippen LogP) is 3.02. The fourth-order valence-electron chi connectivity index (χ4n) is 4.92. The maximum absolute atomic E-state index is 12.5. The first-order valence-corrected chi connectivity index (χ1v) is 13.0. The molecule has 210 valence electrons. The van der Waals surface area contributed by atoms with Crippen molar-refractivity contribution in [1.82, 2.24) is 15.3 Å². The van der Waals surface area contributed by atoms with E-state index in [1.807, 2.05) is 13.8 Å². The van der Waals surface area contributed by atoms with Crippen LogP contribution in [-0.2, 0) is 18.9 Å². The molecule has 1 unspecified atom stereocenters. The van der Waals surface area contributed by atoms with Gasteiger partial charge in [-0.1, -0.05) is 0 Å². The number of aromatic nitrogens is 2. The highest BCUT2D eigenvalue weighted by Crippen LogP contribution is 2.34. The molecular formula is C27H39N3O8. The molecule has 0 aromatic carbocycles. The molecule has 0 saturated carbocycles. The number of nitrogens with one attached hydrogen (secondary N) is 1. The monoisotopic (exact) mass is 533 g/mol. The number of rotatable bonds is 7. The summed E-state index contributed by atoms with van der Waals surface area (Å²) in [6, 6.07) is 4.69. The average Bonchev–Trinajstić information content (AvgIpc) is 3.20. The van der Waals surface area contributed by atoms with Crippen molar-refractivity contribution in [3.8, 4) is 5.88 Å². The van der Waals surface area contributed by atoms with E-state index in [9.17, 15) is 15.0 Å². The Labute approximate surface area is 222 Å². The minimum absolute atomic E-state index is 0.250. The van der Waals surface area contributed by atoms with E-state index in [-0.39, 0.29) is 12.1 Å². The van der Waals surface area contributed by atoms with E-state index in [1.165, 1.54) is 7.11 Å². The second-order valence-electron chi connectivity index (χ2n) is 11.3. The number of amides is 1. The van der Waals surface area contributed by atoms with Crippen molar-refractivity contribution in [2.24, 2.45) is 0 Å². The summed E-state index contributed by atoms with van der Waals surface area (Å²) >= 11 is 0. The summed E-state index contributed by atoms with van der Waals surface area (Å²) in [6.07, 6.45) is -1.62. The predicted molar refractivity (Wildman–Crippen MR) is 138 cm³/mol. The number of nitrogens with zero attached hydrogens (tertiary/aromatic N) is 2. The maximum atomic E-state index is 12.5. The molecule has 1 amide bonds. The minimum atomic E-state index is -1.29. The van der Waals surface area contributed by atoms with Crippen LogP contribution in [0.1, 0.15) is 65.5 Å². The van der Waals surface area contributed by atoms with Crippen molar-refractivity contribution < 1.29 is 38.7 Å². The molecule has 0 radical (unpaired) electrons. The summed E-state index contributed by atoms with van der Waals surface area (Å²) in [5.41, 5.74) is 0.785. The van der Waals surface area contributed by atoms with Crippen LogP contribution in [0, 0.1) is 0 Å². The molecule has 3 N–H and O–H groups in total. The number of hydrogen-bond acceptors (Lipinski definition) is 10. The highest BCUT2D eigenvalue weighted by molar-refractivity contribution is 5.78. The zero-order valence-corrected chi connectivity index (χ0v) is 22.8. The zero-order valence-electron chi connectivity index (χ0n) is 22.8. The number of carbonyl (C=O) groups is 1. The Kier molecular flexibility index (Phi) is 8.43. The van der Waals surface area contributed by atoms with Gasteiger partial charge < -0.3 is 39.2 Å². The molecule has 2 fully saturated rings. The van der Waals surface area contributed by atoms with Gasteiger partial charge in [0.1, 0.15) is 17.8 Å². The number of pyridine rings is 2. The minimum Gasteiger partial charge on any atom is -0.481 e. The molecule has 0 bridgehead atoms. The third-order valence-corrected chi connectivity index (χ3v) is 6.65. The molecule has 4 rings (SSSR count). The van der Waals surface area contributed by atoms with Crippen LogP contribution in [-0.4, -0.2) is 81.8 Å². The molecule has 2 aliphatic rings. The molecule has 2 saturated heterocycles. The Morgan fingerprint density at radius 1 is 1.24 bits per heavy atom. The van der Waals surface area contributed by atoms with Gasteiger partial charge in [0.25, 0.3) is 0 Å². The number of aliphatic hydroxyl groups is 2. The van der Waals surface area contributed by atoms with Gasteiger partial charge in [-0.25, -0.2) is 9.78 Å². The molecule has 0 aliphatic carbocycles. The van der Waals surface area contributed by atoms with Crippen LogP contribution in [0.4, 0.5) is 4.79 Å². The first kappa shape index (κ1) is 28.4. The molecular weight excluding hydrogens is 494 g/mol. The number of ether oxygens (including phenoxy) is 5. The van der Waals surface area contributed by atoms with Crippen LogP contribution >= 0.6 is 0 Å². The van der Waals surface area contributed by atoms with Crippen LogP contribution < -0.4 is 10.1 Å². The molecule has 4 heterocycles. The van der Waals surface area contributed by atoms with Crippen LogP contribution in [0.2, 0.25) is 0 Å². The van der Waals surface area contributed by atoms with Gasteiger partial charge in [-0.2, -0.15) is 0 Å². The summed E-state index contributed by atoms with van der Waals surface area (Å²) in [6.45, 7) is 9.47. The normalized spacial score (nSPS) is 27.1. The molecule has 2 aliphatic heterocycles. The Morgan fingerprint density at radius 2 is 2.00 bits per heavy atom. The average molecular weight is 534 g/mol. The Bertz CT molecular complexity index is 1120. The lowest BCUT2D eigenvalue weighted by molar-refractivity contribution is -0.166. The fraction of sp³-hybridized carbons (Fsp3) is 0.667. The van der Waals surface area contributed by atoms with Gasteiger partial charge in [0, 0.05) is 24.2 Å². The number of methoxy groups -OCH3 is 1. The van der Waals surface area contributed by atoms with Gasteiger partial charge in [0.2, 0.25) is 5.88 Å². The molecule has 2 aromatic rings. The lowest BCUT2D eigenvalue weighted by atomic mass is 9.90. The molecule has 0 spiro atoms. The largest absolute Gasteiger partial charge is 0.481 e. The van der Waals surface area contributed by atoms with Crippen molar-refractivity contribution in [3.05, 3.63) is 30.0 Å². The first-order chi connectivity index (χ1) is 17.8.